The first kappa shape index (κ1) is 29.1. The molecule has 2 N–H and O–H groups in total. The van der Waals surface area contributed by atoms with E-state index in [9.17, 15) is 9.90 Å². The van der Waals surface area contributed by atoms with Crippen LogP contribution in [0.5, 0.6) is 5.19 Å². The fourth-order valence-electron chi connectivity index (χ4n) is 4.91. The number of hydrogen-bond acceptors (Lipinski definition) is 6. The van der Waals surface area contributed by atoms with Gasteiger partial charge in [-0.15, -0.1) is 0 Å². The Labute approximate surface area is 211 Å². The maximum atomic E-state index is 11.1. The summed E-state index contributed by atoms with van der Waals surface area (Å²) in [5.74, 6) is 1.93. The van der Waals surface area contributed by atoms with Crippen molar-refractivity contribution in [2.45, 2.75) is 109 Å². The quantitative estimate of drug-likeness (QED) is 0.326. The summed E-state index contributed by atoms with van der Waals surface area (Å²) >= 11 is 1.42. The van der Waals surface area contributed by atoms with E-state index in [1.54, 1.807) is 6.20 Å². The number of amides is 1. The van der Waals surface area contributed by atoms with Gasteiger partial charge in [-0.2, -0.15) is 0 Å². The van der Waals surface area contributed by atoms with E-state index in [1.165, 1.54) is 88.4 Å². The van der Waals surface area contributed by atoms with Crippen molar-refractivity contribution in [2.75, 3.05) is 26.2 Å². The molecule has 1 aromatic heterocycles. The van der Waals surface area contributed by atoms with E-state index in [1.807, 2.05) is 10.3 Å². The van der Waals surface area contributed by atoms with Crippen molar-refractivity contribution in [3.63, 3.8) is 0 Å². The van der Waals surface area contributed by atoms with Crippen molar-refractivity contribution in [1.29, 1.82) is 0 Å². The molecule has 34 heavy (non-hydrogen) atoms. The molecule has 3 rings (SSSR count). The normalized spacial score (nSPS) is 17.9. The Bertz CT molecular complexity index is 602. The Morgan fingerprint density at radius 1 is 1.12 bits per heavy atom. The second-order valence-electron chi connectivity index (χ2n) is 11.1. The van der Waals surface area contributed by atoms with E-state index in [4.69, 9.17) is 4.74 Å². The number of thiazole rings is 1. The number of hydrogen-bond donors (Lipinski definition) is 2. The molecule has 7 heteroatoms. The smallest absolute Gasteiger partial charge is 0.273 e. The van der Waals surface area contributed by atoms with Crippen molar-refractivity contribution in [3.8, 4) is 5.19 Å². The van der Waals surface area contributed by atoms with Crippen LogP contribution in [0.4, 0.5) is 0 Å². The molecule has 0 bridgehead atoms. The number of aromatic nitrogens is 1. The van der Waals surface area contributed by atoms with Gasteiger partial charge in [0.25, 0.3) is 5.19 Å². The predicted molar refractivity (Wildman–Crippen MR) is 141 cm³/mol. The number of aliphatic hydroxyl groups is 1. The predicted octanol–water partition coefficient (Wildman–Crippen LogP) is 5.66. The van der Waals surface area contributed by atoms with Gasteiger partial charge < -0.3 is 20.1 Å². The van der Waals surface area contributed by atoms with Gasteiger partial charge >= 0.3 is 0 Å². The molecule has 1 unspecified atom stereocenters. The highest BCUT2D eigenvalue weighted by molar-refractivity contribution is 7.11. The van der Waals surface area contributed by atoms with E-state index in [0.29, 0.717) is 11.7 Å². The number of carbonyl (C=O) groups excluding carboxylic acids is 1. The highest BCUT2D eigenvalue weighted by atomic mass is 32.1. The molecule has 0 spiro atoms. The van der Waals surface area contributed by atoms with Gasteiger partial charge in [0.15, 0.2) is 0 Å². The molecule has 1 atom stereocenters. The molecule has 0 aliphatic heterocycles. The summed E-state index contributed by atoms with van der Waals surface area (Å²) in [5, 5.41) is 15.2. The highest BCUT2D eigenvalue weighted by Crippen LogP contribution is 2.29. The van der Waals surface area contributed by atoms with E-state index in [0.717, 1.165) is 31.3 Å². The fourth-order valence-corrected chi connectivity index (χ4v) is 5.41. The fraction of sp³-hybridized carbons (Fsp3) is 0.852. The number of aliphatic hydroxyl groups excluding tert-OH is 1. The zero-order valence-corrected chi connectivity index (χ0v) is 22.7. The molecule has 2 fully saturated rings. The van der Waals surface area contributed by atoms with Gasteiger partial charge in [-0.1, -0.05) is 62.7 Å². The summed E-state index contributed by atoms with van der Waals surface area (Å²) in [6.45, 7) is 8.95. The molecule has 2 aliphatic rings. The summed E-state index contributed by atoms with van der Waals surface area (Å²) < 4.78 is 5.29. The number of β-amino-alcohol motifs (C(OH)–C–C–N with tert-alkyl or cyclic N) is 1. The SMILES string of the molecule is CC(C)(C)NCC(O)COc1nccs1.O=CN(CCCC1CCCC1)CCCC1CCCC1. The van der Waals surface area contributed by atoms with Gasteiger partial charge in [0, 0.05) is 36.8 Å². The van der Waals surface area contributed by atoms with Crippen LogP contribution in [0.2, 0.25) is 0 Å². The maximum Gasteiger partial charge on any atom is 0.273 e. The molecule has 1 amide bonds. The van der Waals surface area contributed by atoms with Crippen molar-refractivity contribution in [1.82, 2.24) is 15.2 Å². The average Bonchev–Trinajstić information content (AvgIpc) is 3.59. The van der Waals surface area contributed by atoms with Crippen molar-refractivity contribution < 1.29 is 14.6 Å². The van der Waals surface area contributed by atoms with Crippen molar-refractivity contribution in [3.05, 3.63) is 11.6 Å². The van der Waals surface area contributed by atoms with Crippen LogP contribution in [0.1, 0.15) is 97.8 Å². The molecule has 196 valence electrons. The molecule has 6 nitrogen and oxygen atoms in total. The van der Waals surface area contributed by atoms with E-state index in [-0.39, 0.29) is 12.1 Å². The highest BCUT2D eigenvalue weighted by Gasteiger charge is 2.16. The van der Waals surface area contributed by atoms with Crippen LogP contribution in [0.3, 0.4) is 0 Å². The third-order valence-electron chi connectivity index (χ3n) is 6.89. The monoisotopic (exact) mass is 495 g/mol. The van der Waals surface area contributed by atoms with Gasteiger partial charge in [-0.3, -0.25) is 4.79 Å². The minimum atomic E-state index is -0.506. The van der Waals surface area contributed by atoms with Crippen LogP contribution >= 0.6 is 11.3 Å². The minimum absolute atomic E-state index is 0.0160. The van der Waals surface area contributed by atoms with Gasteiger partial charge in [0.1, 0.15) is 12.7 Å². The third kappa shape index (κ3) is 13.6. The zero-order chi connectivity index (χ0) is 24.7. The molecular weight excluding hydrogens is 446 g/mol. The van der Waals surface area contributed by atoms with Gasteiger partial charge in [0.05, 0.1) is 0 Å². The van der Waals surface area contributed by atoms with Crippen molar-refractivity contribution >= 4 is 17.7 Å². The maximum absolute atomic E-state index is 11.1. The number of nitrogens with zero attached hydrogens (tertiary/aromatic N) is 2. The molecule has 2 aliphatic carbocycles. The first-order chi connectivity index (χ1) is 16.4. The number of nitrogens with one attached hydrogen (secondary N) is 1. The average molecular weight is 496 g/mol. The van der Waals surface area contributed by atoms with Crippen LogP contribution in [-0.4, -0.2) is 59.3 Å². The Morgan fingerprint density at radius 2 is 1.68 bits per heavy atom. The van der Waals surface area contributed by atoms with Crippen LogP contribution in [0.25, 0.3) is 0 Å². The molecule has 0 radical (unpaired) electrons. The topological polar surface area (TPSA) is 74.7 Å². The van der Waals surface area contributed by atoms with Gasteiger partial charge in [-0.05, 0) is 58.3 Å². The number of rotatable bonds is 14. The summed E-state index contributed by atoms with van der Waals surface area (Å²) in [6, 6.07) is 0. The molecule has 1 aromatic rings. The summed E-state index contributed by atoms with van der Waals surface area (Å²) in [6.07, 6.45) is 18.8. The summed E-state index contributed by atoms with van der Waals surface area (Å²) in [5.41, 5.74) is 0.0160. The molecule has 1 heterocycles. The largest absolute Gasteiger partial charge is 0.467 e. The van der Waals surface area contributed by atoms with Gasteiger partial charge in [-0.25, -0.2) is 4.98 Å². The lowest BCUT2D eigenvalue weighted by atomic mass is 10.0. The Balaban J connectivity index is 0.000000248. The second-order valence-corrected chi connectivity index (χ2v) is 12.0. The third-order valence-corrected chi connectivity index (χ3v) is 7.57. The van der Waals surface area contributed by atoms with Gasteiger partial charge in [0.2, 0.25) is 6.41 Å². The van der Waals surface area contributed by atoms with Crippen LogP contribution in [0.15, 0.2) is 11.6 Å². The standard InChI is InChI=1S/C17H31NO.C10H18N2O2S/c19-15-18(13-5-11-16-7-1-2-8-16)14-6-12-17-9-3-4-10-17;1-10(2,3)12-6-8(13)7-14-9-11-4-5-15-9/h15-17H,1-14H2;4-5,8,12-13H,6-7H2,1-3H3. The van der Waals surface area contributed by atoms with Crippen LogP contribution in [0, 0.1) is 11.8 Å². The lowest BCUT2D eigenvalue weighted by Crippen LogP contribution is -2.42. The minimum Gasteiger partial charge on any atom is -0.467 e. The first-order valence-electron chi connectivity index (χ1n) is 13.5. The summed E-state index contributed by atoms with van der Waals surface area (Å²) in [4.78, 5) is 17.1. The zero-order valence-electron chi connectivity index (χ0n) is 21.8. The molecule has 2 saturated carbocycles. The Kier molecular flexibility index (Phi) is 14.1. The summed E-state index contributed by atoms with van der Waals surface area (Å²) in [7, 11) is 0. The lowest BCUT2D eigenvalue weighted by molar-refractivity contribution is -0.118. The number of ether oxygens (including phenoxy) is 1. The lowest BCUT2D eigenvalue weighted by Gasteiger charge is -2.22. The molecule has 0 saturated heterocycles. The van der Waals surface area contributed by atoms with E-state index in [2.05, 4.69) is 31.1 Å². The first-order valence-corrected chi connectivity index (χ1v) is 14.4. The van der Waals surface area contributed by atoms with Crippen LogP contribution < -0.4 is 10.1 Å². The molecule has 0 aromatic carbocycles. The van der Waals surface area contributed by atoms with E-state index < -0.39 is 6.10 Å². The second kappa shape index (κ2) is 16.5. The Hall–Kier alpha value is -1.18. The van der Waals surface area contributed by atoms with Crippen molar-refractivity contribution in [2.24, 2.45) is 11.8 Å². The van der Waals surface area contributed by atoms with E-state index >= 15 is 0 Å². The molecular formula is C27H49N3O3S. The Morgan fingerprint density at radius 3 is 2.12 bits per heavy atom. The van der Waals surface area contributed by atoms with Crippen LogP contribution in [-0.2, 0) is 4.79 Å². The number of carbonyl (C=O) groups is 1.